The molecule has 1 aliphatic rings. The fourth-order valence-corrected chi connectivity index (χ4v) is 2.57. The minimum atomic E-state index is -0.292. The molecule has 0 spiro atoms. The normalized spacial score (nSPS) is 16.3. The van der Waals surface area contributed by atoms with E-state index in [4.69, 9.17) is 17.0 Å². The molecular weight excluding hydrogens is 291 g/mol. The molecule has 1 aliphatic heterocycles. The Morgan fingerprint density at radius 3 is 2.71 bits per heavy atom. The molecule has 7 heteroatoms. The minimum Gasteiger partial charge on any atom is -0.379 e. The third-order valence-corrected chi connectivity index (χ3v) is 4.08. The Kier molecular flexibility index (Phi) is 4.14. The second kappa shape index (κ2) is 6.05. The number of nitrogens with zero attached hydrogens (tertiary/aromatic N) is 4. The first-order valence-corrected chi connectivity index (χ1v) is 7.26. The zero-order chi connectivity index (χ0) is 14.8. The molecule has 0 bridgehead atoms. The summed E-state index contributed by atoms with van der Waals surface area (Å²) in [7, 11) is 1.81. The molecule has 0 amide bonds. The number of aromatic nitrogens is 3. The third-order valence-electron chi connectivity index (χ3n) is 3.59. The predicted octanol–water partition coefficient (Wildman–Crippen LogP) is 2.05. The maximum Gasteiger partial charge on any atom is 0.199 e. The van der Waals surface area contributed by atoms with E-state index in [1.807, 2.05) is 7.05 Å². The van der Waals surface area contributed by atoms with Gasteiger partial charge in [-0.3, -0.25) is 4.90 Å². The van der Waals surface area contributed by atoms with Crippen molar-refractivity contribution in [3.05, 3.63) is 34.9 Å². The van der Waals surface area contributed by atoms with E-state index in [0.717, 1.165) is 26.3 Å². The average molecular weight is 308 g/mol. The van der Waals surface area contributed by atoms with E-state index < -0.39 is 0 Å². The van der Waals surface area contributed by atoms with Crippen LogP contribution in [0.15, 0.2) is 24.3 Å². The zero-order valence-electron chi connectivity index (χ0n) is 11.8. The summed E-state index contributed by atoms with van der Waals surface area (Å²) in [6.45, 7) is 3.76. The van der Waals surface area contributed by atoms with E-state index in [-0.39, 0.29) is 5.82 Å². The van der Waals surface area contributed by atoms with E-state index in [1.54, 1.807) is 27.4 Å². The van der Waals surface area contributed by atoms with Crippen LogP contribution in [0, 0.1) is 10.6 Å². The van der Waals surface area contributed by atoms with E-state index in [0.29, 0.717) is 22.8 Å². The van der Waals surface area contributed by atoms with E-state index >= 15 is 0 Å². The van der Waals surface area contributed by atoms with Crippen molar-refractivity contribution in [3.63, 3.8) is 0 Å². The molecule has 1 aromatic carbocycles. The highest BCUT2D eigenvalue weighted by atomic mass is 32.1. The standard InChI is InChI=1S/C14H17FN4OS/c1-17-13(11-4-2-3-5-12(11)15)16-19(14(17)21)10-18-6-8-20-9-7-18/h2-5H,6-10H2,1H3. The van der Waals surface area contributed by atoms with Crippen molar-refractivity contribution in [2.75, 3.05) is 26.3 Å². The third kappa shape index (κ3) is 2.90. The molecule has 21 heavy (non-hydrogen) atoms. The van der Waals surface area contributed by atoms with Gasteiger partial charge in [0, 0.05) is 20.1 Å². The molecule has 2 heterocycles. The molecule has 1 fully saturated rings. The lowest BCUT2D eigenvalue weighted by Crippen LogP contribution is -2.37. The van der Waals surface area contributed by atoms with Crippen LogP contribution in [0.1, 0.15) is 0 Å². The Balaban J connectivity index is 1.92. The molecule has 0 atom stereocenters. The van der Waals surface area contributed by atoms with Gasteiger partial charge >= 0.3 is 0 Å². The fourth-order valence-electron chi connectivity index (χ4n) is 2.39. The van der Waals surface area contributed by atoms with Crippen LogP contribution in [0.5, 0.6) is 0 Å². The van der Waals surface area contributed by atoms with Gasteiger partial charge in [-0.1, -0.05) is 12.1 Å². The van der Waals surface area contributed by atoms with Crippen molar-refractivity contribution in [1.82, 2.24) is 19.2 Å². The number of benzene rings is 1. The van der Waals surface area contributed by atoms with Gasteiger partial charge in [0.2, 0.25) is 0 Å². The lowest BCUT2D eigenvalue weighted by Gasteiger charge is -2.25. The summed E-state index contributed by atoms with van der Waals surface area (Å²) in [4.78, 5) is 2.22. The van der Waals surface area contributed by atoms with Gasteiger partial charge in [0.15, 0.2) is 10.6 Å². The van der Waals surface area contributed by atoms with Crippen molar-refractivity contribution in [3.8, 4) is 11.4 Å². The van der Waals surface area contributed by atoms with Crippen LogP contribution in [-0.2, 0) is 18.5 Å². The van der Waals surface area contributed by atoms with Gasteiger partial charge in [0.25, 0.3) is 0 Å². The lowest BCUT2D eigenvalue weighted by atomic mass is 10.2. The highest BCUT2D eigenvalue weighted by Gasteiger charge is 2.16. The molecule has 2 aromatic rings. The van der Waals surface area contributed by atoms with Crippen molar-refractivity contribution in [1.29, 1.82) is 0 Å². The SMILES string of the molecule is Cn1c(-c2ccccc2F)nn(CN2CCOCC2)c1=S. The summed E-state index contributed by atoms with van der Waals surface area (Å²) >= 11 is 5.41. The zero-order valence-corrected chi connectivity index (χ0v) is 12.6. The van der Waals surface area contributed by atoms with Crippen molar-refractivity contribution in [2.24, 2.45) is 7.05 Å². The van der Waals surface area contributed by atoms with Crippen LogP contribution in [0.25, 0.3) is 11.4 Å². The number of morpholine rings is 1. The van der Waals surface area contributed by atoms with Crippen molar-refractivity contribution in [2.45, 2.75) is 6.67 Å². The molecule has 112 valence electrons. The largest absolute Gasteiger partial charge is 0.379 e. The van der Waals surface area contributed by atoms with Crippen LogP contribution in [0.4, 0.5) is 4.39 Å². The Morgan fingerprint density at radius 2 is 2.00 bits per heavy atom. The Labute approximate surface area is 127 Å². The highest BCUT2D eigenvalue weighted by molar-refractivity contribution is 7.71. The molecule has 0 unspecified atom stereocenters. The quantitative estimate of drug-likeness (QED) is 0.813. The minimum absolute atomic E-state index is 0.292. The van der Waals surface area contributed by atoms with Gasteiger partial charge in [-0.05, 0) is 24.4 Å². The summed E-state index contributed by atoms with van der Waals surface area (Å²) in [5.74, 6) is 0.255. The Morgan fingerprint density at radius 1 is 1.29 bits per heavy atom. The van der Waals surface area contributed by atoms with Crippen molar-refractivity contribution < 1.29 is 9.13 Å². The lowest BCUT2D eigenvalue weighted by molar-refractivity contribution is 0.0210. The van der Waals surface area contributed by atoms with Gasteiger partial charge in [-0.2, -0.15) is 5.10 Å². The van der Waals surface area contributed by atoms with Gasteiger partial charge < -0.3 is 9.30 Å². The van der Waals surface area contributed by atoms with Crippen LogP contribution in [0.3, 0.4) is 0 Å². The smallest absolute Gasteiger partial charge is 0.199 e. The van der Waals surface area contributed by atoms with Crippen LogP contribution >= 0.6 is 12.2 Å². The molecule has 5 nitrogen and oxygen atoms in total. The molecule has 1 aromatic heterocycles. The second-order valence-corrected chi connectivity index (χ2v) is 5.38. The average Bonchev–Trinajstić information content (AvgIpc) is 2.77. The monoisotopic (exact) mass is 308 g/mol. The summed E-state index contributed by atoms with van der Waals surface area (Å²) < 4.78 is 23.3. The maximum atomic E-state index is 13.9. The molecule has 0 N–H and O–H groups in total. The van der Waals surface area contributed by atoms with Crippen LogP contribution in [0.2, 0.25) is 0 Å². The number of ether oxygens (including phenoxy) is 1. The summed E-state index contributed by atoms with van der Waals surface area (Å²) in [6.07, 6.45) is 0. The first kappa shape index (κ1) is 14.4. The van der Waals surface area contributed by atoms with E-state index in [1.165, 1.54) is 6.07 Å². The topological polar surface area (TPSA) is 35.2 Å². The molecule has 3 rings (SSSR count). The molecule has 0 radical (unpaired) electrons. The summed E-state index contributed by atoms with van der Waals surface area (Å²) in [6, 6.07) is 6.60. The number of hydrogen-bond donors (Lipinski definition) is 0. The first-order valence-electron chi connectivity index (χ1n) is 6.85. The van der Waals surface area contributed by atoms with Gasteiger partial charge in [-0.15, -0.1) is 0 Å². The fraction of sp³-hybridized carbons (Fsp3) is 0.429. The second-order valence-electron chi connectivity index (χ2n) is 5.02. The molecule has 0 aliphatic carbocycles. The van der Waals surface area contributed by atoms with Crippen LogP contribution < -0.4 is 0 Å². The first-order chi connectivity index (χ1) is 10.2. The molecular formula is C14H17FN4OS. The number of halogens is 1. The predicted molar refractivity (Wildman–Crippen MR) is 79.8 cm³/mol. The Bertz CT molecular complexity index is 691. The van der Waals surface area contributed by atoms with Crippen LogP contribution in [-0.4, -0.2) is 45.6 Å². The van der Waals surface area contributed by atoms with E-state index in [9.17, 15) is 4.39 Å². The molecule has 1 saturated heterocycles. The van der Waals surface area contributed by atoms with Gasteiger partial charge in [0.1, 0.15) is 5.82 Å². The highest BCUT2D eigenvalue weighted by Crippen LogP contribution is 2.20. The number of hydrogen-bond acceptors (Lipinski definition) is 4. The maximum absolute atomic E-state index is 13.9. The number of rotatable bonds is 3. The van der Waals surface area contributed by atoms with Gasteiger partial charge in [0.05, 0.1) is 25.4 Å². The van der Waals surface area contributed by atoms with Crippen molar-refractivity contribution >= 4 is 12.2 Å². The summed E-state index contributed by atoms with van der Waals surface area (Å²) in [5, 5.41) is 4.49. The van der Waals surface area contributed by atoms with Gasteiger partial charge in [-0.25, -0.2) is 9.07 Å². The Hall–Kier alpha value is -1.57. The molecule has 0 saturated carbocycles. The summed E-state index contributed by atoms with van der Waals surface area (Å²) in [5.41, 5.74) is 0.465. The van der Waals surface area contributed by atoms with E-state index in [2.05, 4.69) is 10.00 Å².